The number of rotatable bonds is 8. The summed E-state index contributed by atoms with van der Waals surface area (Å²) in [6.45, 7) is 1.72. The van der Waals surface area contributed by atoms with Gasteiger partial charge in [0.2, 0.25) is 0 Å². The van der Waals surface area contributed by atoms with Crippen LogP contribution in [0.25, 0.3) is 0 Å². The van der Waals surface area contributed by atoms with Crippen molar-refractivity contribution in [1.29, 1.82) is 0 Å². The Labute approximate surface area is 209 Å². The molecule has 3 aromatic carbocycles. The van der Waals surface area contributed by atoms with Crippen molar-refractivity contribution in [2.24, 2.45) is 5.92 Å². The van der Waals surface area contributed by atoms with Gasteiger partial charge in [-0.15, -0.1) is 0 Å². The molecule has 0 spiro atoms. The summed E-state index contributed by atoms with van der Waals surface area (Å²) in [6.07, 6.45) is -4.43. The number of hydrogen-bond donors (Lipinski definition) is 0. The molecule has 36 heavy (non-hydrogen) atoms. The van der Waals surface area contributed by atoms with Crippen molar-refractivity contribution < 1.29 is 27.4 Å². The maximum Gasteiger partial charge on any atom is 0.432 e. The number of carbonyl (C=O) groups excluding carboxylic acids is 1. The maximum atomic E-state index is 14.4. The zero-order chi connectivity index (χ0) is 25.6. The van der Waals surface area contributed by atoms with Crippen molar-refractivity contribution in [2.75, 3.05) is 20.2 Å². The fourth-order valence-corrected chi connectivity index (χ4v) is 4.91. The largest absolute Gasteiger partial charge is 0.458 e. The average Bonchev–Trinajstić information content (AvgIpc) is 2.87. The van der Waals surface area contributed by atoms with Crippen LogP contribution in [0.2, 0.25) is 0 Å². The Morgan fingerprint density at radius 1 is 0.889 bits per heavy atom. The molecule has 0 aromatic heterocycles. The monoisotopic (exact) mass is 497 g/mol. The molecule has 0 saturated carbocycles. The van der Waals surface area contributed by atoms with Crippen molar-refractivity contribution in [3.05, 3.63) is 108 Å². The van der Waals surface area contributed by atoms with E-state index in [9.17, 15) is 18.0 Å². The number of methoxy groups -OCH3 is 1. The molecule has 0 radical (unpaired) electrons. The Balaban J connectivity index is 1.61. The van der Waals surface area contributed by atoms with E-state index in [2.05, 4.69) is 4.90 Å². The number of hydrogen-bond acceptors (Lipinski definition) is 4. The quantitative estimate of drug-likeness (QED) is 0.371. The van der Waals surface area contributed by atoms with Crippen LogP contribution < -0.4 is 0 Å². The maximum absolute atomic E-state index is 14.4. The second-order valence-corrected chi connectivity index (χ2v) is 9.15. The number of benzene rings is 3. The number of halogens is 3. The van der Waals surface area contributed by atoms with Crippen LogP contribution in [0, 0.1) is 5.92 Å². The number of carbonyl (C=O) groups is 1. The van der Waals surface area contributed by atoms with Gasteiger partial charge in [-0.25, -0.2) is 4.79 Å². The third-order valence-electron chi connectivity index (χ3n) is 6.80. The summed E-state index contributed by atoms with van der Waals surface area (Å²) in [5.74, 6) is -1.56. The zero-order valence-electron chi connectivity index (χ0n) is 20.2. The molecule has 3 aromatic rings. The molecule has 1 aliphatic heterocycles. The van der Waals surface area contributed by atoms with Crippen LogP contribution in [-0.2, 0) is 32.8 Å². The van der Waals surface area contributed by atoms with Gasteiger partial charge < -0.3 is 9.47 Å². The molecule has 0 N–H and O–H groups in total. The summed E-state index contributed by atoms with van der Waals surface area (Å²) in [5.41, 5.74) is -1.36. The minimum absolute atomic E-state index is 0.123. The van der Waals surface area contributed by atoms with E-state index in [1.807, 2.05) is 60.7 Å². The van der Waals surface area contributed by atoms with Crippen LogP contribution in [-0.4, -0.2) is 43.3 Å². The average molecular weight is 498 g/mol. The topological polar surface area (TPSA) is 38.8 Å². The molecule has 0 amide bonds. The minimum Gasteiger partial charge on any atom is -0.458 e. The predicted molar refractivity (Wildman–Crippen MR) is 131 cm³/mol. The first-order valence-electron chi connectivity index (χ1n) is 12.0. The van der Waals surface area contributed by atoms with Crippen LogP contribution >= 0.6 is 0 Å². The number of alkyl halides is 3. The number of piperidine rings is 1. The first kappa shape index (κ1) is 25.9. The van der Waals surface area contributed by atoms with E-state index in [-0.39, 0.29) is 11.5 Å². The normalized spacial score (nSPS) is 20.4. The van der Waals surface area contributed by atoms with Crippen LogP contribution in [0.3, 0.4) is 0 Å². The molecule has 0 aliphatic carbocycles. The molecule has 1 unspecified atom stereocenters. The smallest absolute Gasteiger partial charge is 0.432 e. The molecular formula is C29H30F3NO3. The molecule has 1 heterocycles. The van der Waals surface area contributed by atoms with Gasteiger partial charge in [0.05, 0.1) is 0 Å². The predicted octanol–water partition coefficient (Wildman–Crippen LogP) is 5.77. The fourth-order valence-electron chi connectivity index (χ4n) is 4.91. The Bertz CT molecular complexity index is 1110. The van der Waals surface area contributed by atoms with Gasteiger partial charge in [0, 0.05) is 31.7 Å². The van der Waals surface area contributed by atoms with Gasteiger partial charge in [-0.3, -0.25) is 4.90 Å². The Morgan fingerprint density at radius 2 is 1.44 bits per heavy atom. The number of ether oxygens (including phenoxy) is 2. The molecule has 190 valence electrons. The van der Waals surface area contributed by atoms with Crippen molar-refractivity contribution in [2.45, 2.75) is 37.3 Å². The first-order chi connectivity index (χ1) is 17.3. The van der Waals surface area contributed by atoms with Gasteiger partial charge in [0.1, 0.15) is 6.10 Å². The van der Waals surface area contributed by atoms with Crippen LogP contribution in [0.15, 0.2) is 91.0 Å². The van der Waals surface area contributed by atoms with E-state index < -0.39 is 23.9 Å². The highest BCUT2D eigenvalue weighted by molar-refractivity contribution is 5.83. The van der Waals surface area contributed by atoms with Gasteiger partial charge >= 0.3 is 12.1 Å². The van der Waals surface area contributed by atoms with E-state index in [0.717, 1.165) is 24.8 Å². The highest BCUT2D eigenvalue weighted by Crippen LogP contribution is 2.43. The van der Waals surface area contributed by atoms with Gasteiger partial charge in [-0.05, 0) is 30.5 Å². The van der Waals surface area contributed by atoms with E-state index in [4.69, 9.17) is 9.47 Å². The van der Waals surface area contributed by atoms with E-state index in [1.54, 1.807) is 6.07 Å². The zero-order valence-corrected chi connectivity index (χ0v) is 20.2. The SMILES string of the molecule is COC(C(=O)O[C@@H]1CN(Cc2ccccc2)CC[C@@H]1Cc1ccccc1)(c1ccccc1)C(F)(F)F. The molecule has 1 saturated heterocycles. The van der Waals surface area contributed by atoms with Crippen molar-refractivity contribution >= 4 is 5.97 Å². The van der Waals surface area contributed by atoms with E-state index in [1.165, 1.54) is 24.3 Å². The Hall–Kier alpha value is -3.16. The number of esters is 1. The Morgan fingerprint density at radius 3 is 2.00 bits per heavy atom. The summed E-state index contributed by atoms with van der Waals surface area (Å²) >= 11 is 0. The van der Waals surface area contributed by atoms with Gasteiger partial charge in [-0.1, -0.05) is 91.0 Å². The third kappa shape index (κ3) is 5.63. The lowest BCUT2D eigenvalue weighted by atomic mass is 9.87. The molecule has 4 nitrogen and oxygen atoms in total. The summed E-state index contributed by atoms with van der Waals surface area (Å²) in [7, 11) is 0.895. The van der Waals surface area contributed by atoms with Gasteiger partial charge in [0.25, 0.3) is 5.60 Å². The highest BCUT2D eigenvalue weighted by atomic mass is 19.4. The minimum atomic E-state index is -5.01. The fraction of sp³-hybridized carbons (Fsp3) is 0.345. The third-order valence-corrected chi connectivity index (χ3v) is 6.80. The van der Waals surface area contributed by atoms with Gasteiger partial charge in [-0.2, -0.15) is 13.2 Å². The molecule has 3 atom stereocenters. The van der Waals surface area contributed by atoms with Crippen LogP contribution in [0.5, 0.6) is 0 Å². The van der Waals surface area contributed by atoms with Crippen LogP contribution in [0.4, 0.5) is 13.2 Å². The van der Waals surface area contributed by atoms with E-state index >= 15 is 0 Å². The summed E-state index contributed by atoms with van der Waals surface area (Å²) in [6, 6.07) is 26.5. The molecule has 0 bridgehead atoms. The second kappa shape index (κ2) is 11.3. The lowest BCUT2D eigenvalue weighted by molar-refractivity contribution is -0.279. The van der Waals surface area contributed by atoms with Crippen LogP contribution in [0.1, 0.15) is 23.1 Å². The lowest BCUT2D eigenvalue weighted by Crippen LogP contribution is -2.55. The van der Waals surface area contributed by atoms with Crippen molar-refractivity contribution in [3.8, 4) is 0 Å². The van der Waals surface area contributed by atoms with E-state index in [0.29, 0.717) is 25.9 Å². The van der Waals surface area contributed by atoms with Crippen molar-refractivity contribution in [3.63, 3.8) is 0 Å². The second-order valence-electron chi connectivity index (χ2n) is 9.15. The molecule has 7 heteroatoms. The summed E-state index contributed by atoms with van der Waals surface area (Å²) in [4.78, 5) is 15.5. The Kier molecular flexibility index (Phi) is 8.11. The summed E-state index contributed by atoms with van der Waals surface area (Å²) in [5, 5.41) is 0. The van der Waals surface area contributed by atoms with Crippen molar-refractivity contribution in [1.82, 2.24) is 4.90 Å². The first-order valence-corrected chi connectivity index (χ1v) is 12.0. The molecule has 4 rings (SSSR count). The standard InChI is InChI=1S/C29H30F3NO3/c1-35-28(29(30,31)32,25-15-9-4-10-16-25)27(34)36-26-21-33(20-23-13-7-3-8-14-23)18-17-24(26)19-22-11-5-2-6-12-22/h2-16,24,26H,17-21H2,1H3/t24-,26-,28?/m1/s1. The van der Waals surface area contributed by atoms with Gasteiger partial charge in [0.15, 0.2) is 0 Å². The molecule has 1 aliphatic rings. The number of likely N-dealkylation sites (tertiary alicyclic amines) is 1. The molecular weight excluding hydrogens is 467 g/mol. The molecule has 1 fully saturated rings. The summed E-state index contributed by atoms with van der Waals surface area (Å²) < 4.78 is 54.0. The number of nitrogens with zero attached hydrogens (tertiary/aromatic N) is 1. The lowest BCUT2D eigenvalue weighted by Gasteiger charge is -2.40. The highest BCUT2D eigenvalue weighted by Gasteiger charge is 2.64.